The van der Waals surface area contributed by atoms with Gasteiger partial charge in [-0.1, -0.05) is 12.8 Å². The van der Waals surface area contributed by atoms with Crippen molar-refractivity contribution in [2.45, 2.75) is 25.7 Å². The molecule has 18 heavy (non-hydrogen) atoms. The molecule has 0 aliphatic heterocycles. The molecule has 2 rings (SSSR count). The molecule has 2 unspecified atom stereocenters. The SMILES string of the molecule is Nc1cc(C(=O)NCC2CCCCC2CO)[nH]n1. The lowest BCUT2D eigenvalue weighted by molar-refractivity contribution is 0.0904. The molecule has 6 nitrogen and oxygen atoms in total. The van der Waals surface area contributed by atoms with E-state index in [4.69, 9.17) is 5.73 Å². The number of anilines is 1. The third-order valence-corrected chi connectivity index (χ3v) is 3.67. The van der Waals surface area contributed by atoms with Crippen molar-refractivity contribution in [2.24, 2.45) is 11.8 Å². The number of aliphatic hydroxyl groups excluding tert-OH is 1. The summed E-state index contributed by atoms with van der Waals surface area (Å²) in [6.07, 6.45) is 4.46. The molecule has 0 bridgehead atoms. The van der Waals surface area contributed by atoms with Crippen molar-refractivity contribution in [2.75, 3.05) is 18.9 Å². The number of hydrogen-bond donors (Lipinski definition) is 4. The van der Waals surface area contributed by atoms with Crippen molar-refractivity contribution < 1.29 is 9.90 Å². The third-order valence-electron chi connectivity index (χ3n) is 3.67. The monoisotopic (exact) mass is 252 g/mol. The van der Waals surface area contributed by atoms with Gasteiger partial charge in [0.15, 0.2) is 0 Å². The summed E-state index contributed by atoms with van der Waals surface area (Å²) in [5.74, 6) is 0.798. The standard InChI is InChI=1S/C12H20N4O2/c13-11-5-10(15-16-11)12(18)14-6-8-3-1-2-4-9(8)7-17/h5,8-9,17H,1-4,6-7H2,(H,14,18)(H3,13,15,16). The number of hydrogen-bond acceptors (Lipinski definition) is 4. The van der Waals surface area contributed by atoms with Gasteiger partial charge < -0.3 is 16.2 Å². The third kappa shape index (κ3) is 3.01. The fourth-order valence-electron chi connectivity index (χ4n) is 2.57. The highest BCUT2D eigenvalue weighted by molar-refractivity contribution is 5.92. The average molecular weight is 252 g/mol. The van der Waals surface area contributed by atoms with Crippen molar-refractivity contribution in [1.29, 1.82) is 0 Å². The van der Waals surface area contributed by atoms with E-state index >= 15 is 0 Å². The molecule has 100 valence electrons. The second kappa shape index (κ2) is 5.86. The van der Waals surface area contributed by atoms with Crippen LogP contribution in [0.2, 0.25) is 0 Å². The van der Waals surface area contributed by atoms with E-state index in [1.165, 1.54) is 18.9 Å². The molecule has 1 saturated carbocycles. The van der Waals surface area contributed by atoms with Crippen LogP contribution in [0.25, 0.3) is 0 Å². The molecule has 1 aliphatic carbocycles. The predicted octanol–water partition coefficient (Wildman–Crippen LogP) is 0.520. The van der Waals surface area contributed by atoms with Gasteiger partial charge in [-0.3, -0.25) is 9.89 Å². The van der Waals surface area contributed by atoms with Gasteiger partial charge in [-0.15, -0.1) is 0 Å². The maximum absolute atomic E-state index is 11.8. The fraction of sp³-hybridized carbons (Fsp3) is 0.667. The summed E-state index contributed by atoms with van der Waals surface area (Å²) >= 11 is 0. The first-order valence-corrected chi connectivity index (χ1v) is 6.40. The Morgan fingerprint density at radius 1 is 1.50 bits per heavy atom. The lowest BCUT2D eigenvalue weighted by atomic mass is 9.79. The lowest BCUT2D eigenvalue weighted by Gasteiger charge is -2.30. The van der Waals surface area contributed by atoms with Crippen molar-refractivity contribution in [3.8, 4) is 0 Å². The van der Waals surface area contributed by atoms with Crippen molar-refractivity contribution in [1.82, 2.24) is 15.5 Å². The average Bonchev–Trinajstić information content (AvgIpc) is 2.83. The largest absolute Gasteiger partial charge is 0.396 e. The van der Waals surface area contributed by atoms with Crippen LogP contribution in [0.15, 0.2) is 6.07 Å². The highest BCUT2D eigenvalue weighted by Crippen LogP contribution is 2.29. The van der Waals surface area contributed by atoms with Crippen molar-refractivity contribution >= 4 is 11.7 Å². The molecule has 0 spiro atoms. The zero-order chi connectivity index (χ0) is 13.0. The fourth-order valence-corrected chi connectivity index (χ4v) is 2.57. The Kier molecular flexibility index (Phi) is 4.19. The number of carbonyl (C=O) groups is 1. The maximum atomic E-state index is 11.8. The van der Waals surface area contributed by atoms with Gasteiger partial charge in [0.2, 0.25) is 0 Å². The normalized spacial score (nSPS) is 23.8. The number of aliphatic hydroxyl groups is 1. The lowest BCUT2D eigenvalue weighted by Crippen LogP contribution is -2.35. The second-order valence-corrected chi connectivity index (χ2v) is 4.90. The minimum absolute atomic E-state index is 0.193. The topological polar surface area (TPSA) is 104 Å². The number of aromatic amines is 1. The minimum atomic E-state index is -0.193. The first kappa shape index (κ1) is 12.9. The molecule has 1 aromatic heterocycles. The molecule has 6 heteroatoms. The Balaban J connectivity index is 1.85. The molecular formula is C12H20N4O2. The molecule has 5 N–H and O–H groups in total. The van der Waals surface area contributed by atoms with Crippen LogP contribution in [0.3, 0.4) is 0 Å². The first-order valence-electron chi connectivity index (χ1n) is 6.40. The quantitative estimate of drug-likeness (QED) is 0.627. The van der Waals surface area contributed by atoms with Crippen LogP contribution < -0.4 is 11.1 Å². The number of H-pyrrole nitrogens is 1. The zero-order valence-electron chi connectivity index (χ0n) is 10.4. The van der Waals surface area contributed by atoms with Crippen LogP contribution in [0.5, 0.6) is 0 Å². The van der Waals surface area contributed by atoms with E-state index in [1.54, 1.807) is 0 Å². The Labute approximate surface area is 106 Å². The molecule has 1 heterocycles. The summed E-state index contributed by atoms with van der Waals surface area (Å²) in [5.41, 5.74) is 5.82. The molecule has 0 saturated heterocycles. The molecule has 2 atom stereocenters. The molecular weight excluding hydrogens is 232 g/mol. The van der Waals surface area contributed by atoms with E-state index in [1.807, 2.05) is 0 Å². The van der Waals surface area contributed by atoms with Crippen LogP contribution in [0.4, 0.5) is 5.82 Å². The summed E-state index contributed by atoms with van der Waals surface area (Å²) in [4.78, 5) is 11.8. The highest BCUT2D eigenvalue weighted by atomic mass is 16.3. The number of rotatable bonds is 4. The van der Waals surface area contributed by atoms with E-state index in [9.17, 15) is 9.90 Å². The van der Waals surface area contributed by atoms with Crippen molar-refractivity contribution in [3.63, 3.8) is 0 Å². The highest BCUT2D eigenvalue weighted by Gasteiger charge is 2.24. The maximum Gasteiger partial charge on any atom is 0.269 e. The van der Waals surface area contributed by atoms with Gasteiger partial charge in [0.1, 0.15) is 11.5 Å². The van der Waals surface area contributed by atoms with Gasteiger partial charge in [0, 0.05) is 19.2 Å². The van der Waals surface area contributed by atoms with E-state index in [-0.39, 0.29) is 12.5 Å². The van der Waals surface area contributed by atoms with Crippen LogP contribution in [0, 0.1) is 11.8 Å². The Hall–Kier alpha value is -1.56. The van der Waals surface area contributed by atoms with Gasteiger partial charge in [0.25, 0.3) is 5.91 Å². The van der Waals surface area contributed by atoms with Gasteiger partial charge in [0.05, 0.1) is 0 Å². The first-order chi connectivity index (χ1) is 8.70. The molecule has 1 aromatic rings. The van der Waals surface area contributed by atoms with Crippen LogP contribution in [-0.2, 0) is 0 Å². The summed E-state index contributed by atoms with van der Waals surface area (Å²) in [6, 6.07) is 1.51. The van der Waals surface area contributed by atoms with Gasteiger partial charge in [-0.25, -0.2) is 0 Å². The number of nitrogens with one attached hydrogen (secondary N) is 2. The summed E-state index contributed by atoms with van der Waals surface area (Å²) in [7, 11) is 0. The molecule has 1 fully saturated rings. The molecule has 0 radical (unpaired) electrons. The molecule has 1 aliphatic rings. The van der Waals surface area contributed by atoms with Crippen LogP contribution in [-0.4, -0.2) is 34.4 Å². The smallest absolute Gasteiger partial charge is 0.269 e. The summed E-state index contributed by atoms with van der Waals surface area (Å²) < 4.78 is 0. The minimum Gasteiger partial charge on any atom is -0.396 e. The Bertz CT molecular complexity index is 405. The second-order valence-electron chi connectivity index (χ2n) is 4.90. The summed E-state index contributed by atoms with van der Waals surface area (Å²) in [6.45, 7) is 0.806. The predicted molar refractivity (Wildman–Crippen MR) is 67.9 cm³/mol. The number of carbonyl (C=O) groups excluding carboxylic acids is 1. The Morgan fingerprint density at radius 3 is 2.83 bits per heavy atom. The van der Waals surface area contributed by atoms with E-state index in [0.29, 0.717) is 29.9 Å². The Morgan fingerprint density at radius 2 is 2.22 bits per heavy atom. The number of amides is 1. The van der Waals surface area contributed by atoms with Crippen LogP contribution in [0.1, 0.15) is 36.2 Å². The zero-order valence-corrected chi connectivity index (χ0v) is 10.4. The van der Waals surface area contributed by atoms with Gasteiger partial charge >= 0.3 is 0 Å². The summed E-state index contributed by atoms with van der Waals surface area (Å²) in [5, 5.41) is 18.5. The number of nitrogens with two attached hydrogens (primary N) is 1. The number of aromatic nitrogens is 2. The van der Waals surface area contributed by atoms with E-state index < -0.39 is 0 Å². The van der Waals surface area contributed by atoms with Crippen LogP contribution >= 0.6 is 0 Å². The van der Waals surface area contributed by atoms with Gasteiger partial charge in [-0.2, -0.15) is 5.10 Å². The van der Waals surface area contributed by atoms with Gasteiger partial charge in [-0.05, 0) is 24.7 Å². The van der Waals surface area contributed by atoms with E-state index in [2.05, 4.69) is 15.5 Å². The van der Waals surface area contributed by atoms with Crippen molar-refractivity contribution in [3.05, 3.63) is 11.8 Å². The van der Waals surface area contributed by atoms with E-state index in [0.717, 1.165) is 12.8 Å². The molecule has 0 aromatic carbocycles. The number of nitrogen functional groups attached to an aromatic ring is 1. The number of nitrogens with zero attached hydrogens (tertiary/aromatic N) is 1. The molecule has 1 amide bonds.